The molecule has 1 N–H and O–H groups in total. The zero-order valence-corrected chi connectivity index (χ0v) is 23.6. The summed E-state index contributed by atoms with van der Waals surface area (Å²) in [6.45, 7) is 10.8. The Labute approximate surface area is 212 Å². The van der Waals surface area contributed by atoms with Crippen molar-refractivity contribution in [2.75, 3.05) is 0 Å². The fraction of sp³-hybridized carbons (Fsp3) is 0.400. The van der Waals surface area contributed by atoms with Crippen LogP contribution >= 0.6 is 24.8 Å². The van der Waals surface area contributed by atoms with Crippen molar-refractivity contribution in [3.05, 3.63) is 90.3 Å². The third-order valence-corrected chi connectivity index (χ3v) is 3.25. The van der Waals surface area contributed by atoms with E-state index in [1.165, 1.54) is 5.56 Å². The first-order valence-electron chi connectivity index (χ1n) is 7.93. The fourth-order valence-corrected chi connectivity index (χ4v) is 2.47. The largest absolute Gasteiger partial charge is 0.507 e. The van der Waals surface area contributed by atoms with E-state index < -0.39 is 0 Å². The Morgan fingerprint density at radius 1 is 0.862 bits per heavy atom. The Balaban J connectivity index is -0.0000000504. The van der Waals surface area contributed by atoms with Gasteiger partial charge in [-0.25, -0.2) is 12.2 Å². The molecule has 0 aromatic heterocycles. The smallest absolute Gasteiger partial charge is 0.121 e. The number of aryl methyl sites for hydroxylation is 1. The van der Waals surface area contributed by atoms with E-state index in [0.717, 1.165) is 30.4 Å². The number of rotatable bonds is 4. The molecule has 0 saturated carbocycles. The molecule has 4 heteroatoms. The second-order valence-electron chi connectivity index (χ2n) is 6.63. The first-order valence-corrected chi connectivity index (χ1v) is 7.93. The van der Waals surface area contributed by atoms with E-state index in [-0.39, 0.29) is 83.7 Å². The summed E-state index contributed by atoms with van der Waals surface area (Å²) in [6.07, 6.45) is 11.9. The van der Waals surface area contributed by atoms with Crippen LogP contribution < -0.4 is 0 Å². The number of allylic oxidation sites excluding steroid dienone is 4. The molecule has 0 saturated heterocycles. The van der Waals surface area contributed by atoms with Gasteiger partial charge in [-0.3, -0.25) is 6.08 Å². The van der Waals surface area contributed by atoms with Gasteiger partial charge in [-0.1, -0.05) is 45.4 Å². The topological polar surface area (TPSA) is 20.2 Å². The van der Waals surface area contributed by atoms with Gasteiger partial charge in [-0.15, -0.1) is 31.2 Å². The molecule has 0 atom stereocenters. The summed E-state index contributed by atoms with van der Waals surface area (Å²) in [7, 11) is 0. The van der Waals surface area contributed by atoms with E-state index >= 15 is 0 Å². The second kappa shape index (κ2) is 27.8. The molecule has 0 bridgehead atoms. The van der Waals surface area contributed by atoms with E-state index in [2.05, 4.69) is 58.9 Å². The Morgan fingerprint density at radius 2 is 1.24 bits per heavy atom. The minimum Gasteiger partial charge on any atom is -0.507 e. The number of benzene rings is 1. The standard InChI is InChI=1S/C15H24O.C5H5.5CH3.2ClH.Ti/c1-10(2)6-13-8-12(5)9-14(15(13)16)7-11(3)4;1-2-4-5-3-1;;;;;;;;/h8-11,16H,6-7H2,1-5H3;1-3H,4H2;5*1H3;2*1H;/q;6*-1;;;. The van der Waals surface area contributed by atoms with Crippen LogP contribution in [0, 0.1) is 62.0 Å². The van der Waals surface area contributed by atoms with Crippen molar-refractivity contribution < 1.29 is 26.8 Å². The van der Waals surface area contributed by atoms with Gasteiger partial charge in [0.1, 0.15) is 5.75 Å². The van der Waals surface area contributed by atoms with Gasteiger partial charge in [0, 0.05) is 21.7 Å². The normalized spacial score (nSPS) is 9.34. The van der Waals surface area contributed by atoms with E-state index in [1.54, 1.807) is 0 Å². The molecule has 1 aromatic carbocycles. The van der Waals surface area contributed by atoms with Crippen molar-refractivity contribution in [2.45, 2.75) is 53.9 Å². The zero-order valence-electron chi connectivity index (χ0n) is 20.4. The van der Waals surface area contributed by atoms with Crippen LogP contribution in [0.3, 0.4) is 0 Å². The van der Waals surface area contributed by atoms with Gasteiger partial charge in [0.25, 0.3) is 0 Å². The summed E-state index contributed by atoms with van der Waals surface area (Å²) in [4.78, 5) is 0. The summed E-state index contributed by atoms with van der Waals surface area (Å²) < 4.78 is 0. The number of halogens is 2. The number of phenolic OH excluding ortho intramolecular Hbond substituents is 1. The van der Waals surface area contributed by atoms with Crippen LogP contribution in [-0.4, -0.2) is 5.11 Å². The minimum atomic E-state index is 0. The summed E-state index contributed by atoms with van der Waals surface area (Å²) in [6, 6.07) is 4.22. The Kier molecular flexibility index (Phi) is 49.3. The molecule has 176 valence electrons. The average molecular weight is 481 g/mol. The molecule has 0 fully saturated rings. The molecule has 0 aliphatic heterocycles. The number of hydrogen-bond acceptors (Lipinski definition) is 1. The maximum absolute atomic E-state index is 10.2. The predicted molar refractivity (Wildman–Crippen MR) is 138 cm³/mol. The number of phenols is 1. The fourth-order valence-electron chi connectivity index (χ4n) is 2.47. The summed E-state index contributed by atoms with van der Waals surface area (Å²) in [5.74, 6) is 1.69. The van der Waals surface area contributed by atoms with Gasteiger partial charge < -0.3 is 42.2 Å². The summed E-state index contributed by atoms with van der Waals surface area (Å²) in [5.41, 5.74) is 3.46. The molecule has 0 spiro atoms. The Morgan fingerprint density at radius 3 is 1.45 bits per heavy atom. The molecule has 1 nitrogen and oxygen atoms in total. The van der Waals surface area contributed by atoms with Crippen LogP contribution in [0.25, 0.3) is 0 Å². The Bertz CT molecular complexity index is 469. The second-order valence-corrected chi connectivity index (χ2v) is 6.63. The van der Waals surface area contributed by atoms with Gasteiger partial charge >= 0.3 is 0 Å². The van der Waals surface area contributed by atoms with Crippen LogP contribution in [0.1, 0.15) is 50.8 Å². The van der Waals surface area contributed by atoms with Gasteiger partial charge in [-0.05, 0) is 42.7 Å². The molecule has 2 rings (SSSR count). The van der Waals surface area contributed by atoms with Crippen molar-refractivity contribution in [2.24, 2.45) is 11.8 Å². The van der Waals surface area contributed by atoms with Gasteiger partial charge in [-0.2, -0.15) is 6.08 Å². The van der Waals surface area contributed by atoms with Crippen molar-refractivity contribution in [3.8, 4) is 5.75 Å². The molecular weight excluding hydrogens is 435 g/mol. The van der Waals surface area contributed by atoms with Crippen LogP contribution in [0.2, 0.25) is 0 Å². The predicted octanol–water partition coefficient (Wildman–Crippen LogP) is 8.50. The van der Waals surface area contributed by atoms with E-state index in [1.807, 2.05) is 12.2 Å². The van der Waals surface area contributed by atoms with Crippen LogP contribution in [-0.2, 0) is 34.6 Å². The van der Waals surface area contributed by atoms with Crippen LogP contribution in [0.15, 0.2) is 30.4 Å². The van der Waals surface area contributed by atoms with Crippen molar-refractivity contribution in [3.63, 3.8) is 0 Å². The first kappa shape index (κ1) is 51.4. The van der Waals surface area contributed by atoms with Crippen molar-refractivity contribution in [1.29, 1.82) is 0 Å². The minimum absolute atomic E-state index is 0. The maximum atomic E-state index is 10.2. The number of hydrogen-bond donors (Lipinski definition) is 1. The molecule has 1 aliphatic rings. The Hall–Kier alpha value is -0.206. The molecule has 29 heavy (non-hydrogen) atoms. The molecule has 0 unspecified atom stereocenters. The summed E-state index contributed by atoms with van der Waals surface area (Å²) >= 11 is 0. The van der Waals surface area contributed by atoms with E-state index in [9.17, 15) is 5.11 Å². The van der Waals surface area contributed by atoms with Gasteiger partial charge in [0.15, 0.2) is 0 Å². The third-order valence-electron chi connectivity index (χ3n) is 3.25. The van der Waals surface area contributed by atoms with E-state index in [0.29, 0.717) is 17.6 Å². The van der Waals surface area contributed by atoms with Crippen molar-refractivity contribution >= 4 is 24.8 Å². The SMILES string of the molecule is Cc1cc(CC(C)C)c(O)c(CC(C)C)c1.Cl.Cl.[C-]1=CC=CC1.[CH3-].[CH3-].[CH3-].[CH3-].[CH3-].[Ti]. The van der Waals surface area contributed by atoms with Crippen molar-refractivity contribution in [1.82, 2.24) is 0 Å². The molecule has 1 aliphatic carbocycles. The van der Waals surface area contributed by atoms with E-state index in [4.69, 9.17) is 0 Å². The van der Waals surface area contributed by atoms with Crippen LogP contribution in [0.5, 0.6) is 5.75 Å². The molecule has 0 amide bonds. The molecular formula is C25H46Cl2OTi-6. The zero-order chi connectivity index (χ0) is 15.8. The maximum Gasteiger partial charge on any atom is 0.121 e. The monoisotopic (exact) mass is 480 g/mol. The van der Waals surface area contributed by atoms with Crippen LogP contribution in [0.4, 0.5) is 0 Å². The first-order chi connectivity index (χ1) is 9.90. The molecule has 0 heterocycles. The number of aromatic hydroxyl groups is 1. The molecule has 1 aromatic rings. The quantitative estimate of drug-likeness (QED) is 0.338. The average Bonchev–Trinajstić information content (AvgIpc) is 2.92. The van der Waals surface area contributed by atoms with Gasteiger partial charge in [0.2, 0.25) is 0 Å². The van der Waals surface area contributed by atoms with Gasteiger partial charge in [0.05, 0.1) is 0 Å². The summed E-state index contributed by atoms with van der Waals surface area (Å²) in [5, 5.41) is 10.2. The third kappa shape index (κ3) is 22.3. The molecule has 0 radical (unpaired) electrons.